The van der Waals surface area contributed by atoms with E-state index < -0.39 is 0 Å². The van der Waals surface area contributed by atoms with Crippen LogP contribution in [0.15, 0.2) is 24.3 Å². The van der Waals surface area contributed by atoms with E-state index in [1.54, 1.807) is 0 Å². The Bertz CT molecular complexity index is 294. The lowest BCUT2D eigenvalue weighted by Crippen LogP contribution is -2.03. The third-order valence-electron chi connectivity index (χ3n) is 2.03. The van der Waals surface area contributed by atoms with Gasteiger partial charge in [-0.3, -0.25) is 4.79 Å². The van der Waals surface area contributed by atoms with E-state index in [1.807, 2.05) is 38.1 Å². The fraction of sp³-hybridized carbons (Fsp3) is 0.300. The van der Waals surface area contributed by atoms with Crippen molar-refractivity contribution in [3.05, 3.63) is 35.4 Å². The van der Waals surface area contributed by atoms with Crippen LogP contribution in [0.4, 0.5) is 0 Å². The number of rotatable bonds is 2. The third-order valence-corrected chi connectivity index (χ3v) is 2.41. The average Bonchev–Trinajstić information content (AvgIpc) is 2.04. The maximum Gasteiger partial charge on any atom is 0.193 e. The maximum absolute atomic E-state index is 11.0. The molecule has 0 heterocycles. The van der Waals surface area contributed by atoms with Gasteiger partial charge in [-0.15, -0.1) is 12.6 Å². The molecule has 0 saturated carbocycles. The van der Waals surface area contributed by atoms with Gasteiger partial charge in [0.15, 0.2) is 5.12 Å². The fourth-order valence-electron chi connectivity index (χ4n) is 1.21. The number of hydrogen-bond acceptors (Lipinski definition) is 1. The zero-order valence-corrected chi connectivity index (χ0v) is 8.14. The lowest BCUT2D eigenvalue weighted by Gasteiger charge is -2.09. The molecule has 0 aliphatic heterocycles. The quantitative estimate of drug-likeness (QED) is 0.692. The first-order valence-corrected chi connectivity index (χ1v) is 4.36. The molecule has 0 radical (unpaired) electrons. The van der Waals surface area contributed by atoms with Gasteiger partial charge in [-0.2, -0.15) is 0 Å². The van der Waals surface area contributed by atoms with Gasteiger partial charge in [-0.05, 0) is 18.1 Å². The van der Waals surface area contributed by atoms with Crippen LogP contribution in [0.2, 0.25) is 0 Å². The highest BCUT2D eigenvalue weighted by molar-refractivity contribution is 7.96. The minimum Gasteiger partial charge on any atom is -0.287 e. The van der Waals surface area contributed by atoms with E-state index in [-0.39, 0.29) is 11.0 Å². The molecule has 1 aromatic carbocycles. The van der Waals surface area contributed by atoms with Crippen LogP contribution in [0.5, 0.6) is 0 Å². The molecule has 0 bridgehead atoms. The topological polar surface area (TPSA) is 17.1 Å². The van der Waals surface area contributed by atoms with Gasteiger partial charge in [-0.25, -0.2) is 0 Å². The molecule has 0 fully saturated rings. The van der Waals surface area contributed by atoms with Gasteiger partial charge in [0.05, 0.1) is 5.92 Å². The lowest BCUT2D eigenvalue weighted by atomic mass is 9.98. The van der Waals surface area contributed by atoms with Gasteiger partial charge in [0, 0.05) is 0 Å². The average molecular weight is 180 g/mol. The van der Waals surface area contributed by atoms with Gasteiger partial charge in [0.25, 0.3) is 0 Å². The zero-order chi connectivity index (χ0) is 9.14. The molecule has 64 valence electrons. The highest BCUT2D eigenvalue weighted by Crippen LogP contribution is 2.20. The second-order valence-corrected chi connectivity index (χ2v) is 3.36. The maximum atomic E-state index is 11.0. The van der Waals surface area contributed by atoms with E-state index in [1.165, 1.54) is 0 Å². The molecule has 2 heteroatoms. The summed E-state index contributed by atoms with van der Waals surface area (Å²) < 4.78 is 0. The van der Waals surface area contributed by atoms with Crippen LogP contribution < -0.4 is 0 Å². The van der Waals surface area contributed by atoms with Crippen LogP contribution in [0.3, 0.4) is 0 Å². The molecule has 0 saturated heterocycles. The standard InChI is InChI=1S/C10H12OS/c1-7-5-3-4-6-9(7)8(2)10(11)12/h3-6,8H,1-2H3,(H,11,12)/t8-/m0/s1. The highest BCUT2D eigenvalue weighted by atomic mass is 32.1. The summed E-state index contributed by atoms with van der Waals surface area (Å²) in [7, 11) is 0. The van der Waals surface area contributed by atoms with Crippen LogP contribution >= 0.6 is 12.6 Å². The minimum atomic E-state index is -0.102. The lowest BCUT2D eigenvalue weighted by molar-refractivity contribution is -0.111. The molecule has 0 aliphatic rings. The van der Waals surface area contributed by atoms with E-state index in [4.69, 9.17) is 0 Å². The van der Waals surface area contributed by atoms with Crippen molar-refractivity contribution in [2.24, 2.45) is 0 Å². The highest BCUT2D eigenvalue weighted by Gasteiger charge is 2.12. The Morgan fingerprint density at radius 3 is 2.50 bits per heavy atom. The Balaban J connectivity index is 3.02. The van der Waals surface area contributed by atoms with E-state index in [0.29, 0.717) is 0 Å². The number of thiol groups is 1. The zero-order valence-electron chi connectivity index (χ0n) is 7.24. The first-order chi connectivity index (χ1) is 5.63. The monoisotopic (exact) mass is 180 g/mol. The normalized spacial score (nSPS) is 12.6. The summed E-state index contributed by atoms with van der Waals surface area (Å²) >= 11 is 3.81. The van der Waals surface area contributed by atoms with Gasteiger partial charge in [-0.1, -0.05) is 31.2 Å². The molecule has 1 aromatic rings. The van der Waals surface area contributed by atoms with Crippen molar-refractivity contribution in [3.63, 3.8) is 0 Å². The largest absolute Gasteiger partial charge is 0.287 e. The molecule has 0 N–H and O–H groups in total. The fourth-order valence-corrected chi connectivity index (χ4v) is 1.34. The van der Waals surface area contributed by atoms with Gasteiger partial charge in [0.2, 0.25) is 0 Å². The third kappa shape index (κ3) is 1.89. The summed E-state index contributed by atoms with van der Waals surface area (Å²) in [6, 6.07) is 7.88. The van der Waals surface area contributed by atoms with Crippen LogP contribution in [-0.4, -0.2) is 5.12 Å². The predicted molar refractivity (Wildman–Crippen MR) is 53.6 cm³/mol. The van der Waals surface area contributed by atoms with Crippen LogP contribution in [0.25, 0.3) is 0 Å². The van der Waals surface area contributed by atoms with Crippen LogP contribution in [0.1, 0.15) is 24.0 Å². The SMILES string of the molecule is Cc1ccccc1[C@H](C)C(=O)S. The molecule has 0 unspecified atom stereocenters. The van der Waals surface area contributed by atoms with Crippen LogP contribution in [0, 0.1) is 6.92 Å². The first-order valence-electron chi connectivity index (χ1n) is 3.91. The smallest absolute Gasteiger partial charge is 0.193 e. The summed E-state index contributed by atoms with van der Waals surface area (Å²) in [5.74, 6) is -0.102. The number of hydrogen-bond donors (Lipinski definition) is 1. The van der Waals surface area contributed by atoms with E-state index in [2.05, 4.69) is 12.6 Å². The van der Waals surface area contributed by atoms with Gasteiger partial charge >= 0.3 is 0 Å². The van der Waals surface area contributed by atoms with Crippen molar-refractivity contribution >= 4 is 17.7 Å². The molecule has 1 nitrogen and oxygen atoms in total. The Kier molecular flexibility index (Phi) is 2.93. The molecule has 0 amide bonds. The van der Waals surface area contributed by atoms with E-state index in [0.717, 1.165) is 11.1 Å². The van der Waals surface area contributed by atoms with Gasteiger partial charge < -0.3 is 0 Å². The number of carbonyl (C=O) groups excluding carboxylic acids is 1. The molecule has 0 spiro atoms. The second-order valence-electron chi connectivity index (χ2n) is 2.92. The molecular formula is C10H12OS. The summed E-state index contributed by atoms with van der Waals surface area (Å²) in [5.41, 5.74) is 2.21. The van der Waals surface area contributed by atoms with E-state index >= 15 is 0 Å². The Labute approximate surface area is 78.2 Å². The minimum absolute atomic E-state index is 0.0794. The van der Waals surface area contributed by atoms with Crippen molar-refractivity contribution in [2.45, 2.75) is 19.8 Å². The molecule has 1 atom stereocenters. The second kappa shape index (κ2) is 3.76. The summed E-state index contributed by atoms with van der Waals surface area (Å²) in [6.07, 6.45) is 0. The van der Waals surface area contributed by atoms with Gasteiger partial charge in [0.1, 0.15) is 0 Å². The Hall–Kier alpha value is -0.760. The number of aryl methyl sites for hydroxylation is 1. The number of carbonyl (C=O) groups is 1. The van der Waals surface area contributed by atoms with Crippen molar-refractivity contribution in [3.8, 4) is 0 Å². The summed E-state index contributed by atoms with van der Waals surface area (Å²) in [5, 5.41) is -0.0794. The van der Waals surface area contributed by atoms with Crippen molar-refractivity contribution < 1.29 is 4.79 Å². The van der Waals surface area contributed by atoms with Crippen molar-refractivity contribution in [1.82, 2.24) is 0 Å². The summed E-state index contributed by atoms with van der Waals surface area (Å²) in [6.45, 7) is 3.88. The molecule has 0 aromatic heterocycles. The molecule has 1 rings (SSSR count). The molecular weight excluding hydrogens is 168 g/mol. The number of benzene rings is 1. The first kappa shape index (κ1) is 9.33. The Morgan fingerprint density at radius 1 is 1.42 bits per heavy atom. The summed E-state index contributed by atoms with van der Waals surface area (Å²) in [4.78, 5) is 11.0. The molecule has 12 heavy (non-hydrogen) atoms. The predicted octanol–water partition coefficient (Wildman–Crippen LogP) is 2.55. The van der Waals surface area contributed by atoms with Crippen LogP contribution in [-0.2, 0) is 4.79 Å². The Morgan fingerprint density at radius 2 is 2.00 bits per heavy atom. The van der Waals surface area contributed by atoms with Crippen molar-refractivity contribution in [2.75, 3.05) is 0 Å². The molecule has 0 aliphatic carbocycles. The van der Waals surface area contributed by atoms with Crippen molar-refractivity contribution in [1.29, 1.82) is 0 Å². The van der Waals surface area contributed by atoms with E-state index in [9.17, 15) is 4.79 Å².